The molecular formula is C42H65O3P2+. The highest BCUT2D eigenvalue weighted by molar-refractivity contribution is 8.17. The molecule has 0 amide bonds. The maximum atomic E-state index is 7.10. The van der Waals surface area contributed by atoms with E-state index in [0.717, 1.165) is 33.9 Å². The first-order chi connectivity index (χ1) is 20.9. The fourth-order valence-corrected chi connectivity index (χ4v) is 7.89. The van der Waals surface area contributed by atoms with Gasteiger partial charge in [0.2, 0.25) is 0 Å². The van der Waals surface area contributed by atoms with Crippen LogP contribution in [0.15, 0.2) is 54.6 Å². The minimum atomic E-state index is -3.18. The van der Waals surface area contributed by atoms with Crippen LogP contribution in [0, 0.1) is 0 Å². The molecule has 0 spiro atoms. The molecule has 3 rings (SSSR count). The molecular weight excluding hydrogens is 614 g/mol. The molecule has 3 aromatic carbocycles. The number of rotatable bonds is 6. The first kappa shape index (κ1) is 39.4. The van der Waals surface area contributed by atoms with Gasteiger partial charge in [0.1, 0.15) is 0 Å². The van der Waals surface area contributed by atoms with Gasteiger partial charge in [-0.1, -0.05) is 161 Å². The van der Waals surface area contributed by atoms with Gasteiger partial charge in [-0.2, -0.15) is 0 Å². The molecule has 1 unspecified atom stereocenters. The van der Waals surface area contributed by atoms with Gasteiger partial charge in [-0.15, -0.1) is 0 Å². The Labute approximate surface area is 291 Å². The lowest BCUT2D eigenvalue weighted by Gasteiger charge is -2.31. The van der Waals surface area contributed by atoms with Crippen molar-refractivity contribution < 1.29 is 13.6 Å². The van der Waals surface area contributed by atoms with E-state index >= 15 is 0 Å². The molecule has 0 aliphatic rings. The minimum Gasteiger partial charge on any atom is -0.270 e. The molecule has 0 saturated carbocycles. The highest BCUT2D eigenvalue weighted by Gasteiger charge is 2.48. The zero-order valence-corrected chi connectivity index (χ0v) is 35.0. The molecule has 1 atom stereocenters. The van der Waals surface area contributed by atoms with Crippen LogP contribution in [0.2, 0.25) is 0 Å². The predicted molar refractivity (Wildman–Crippen MR) is 210 cm³/mol. The average molecular weight is 680 g/mol. The van der Waals surface area contributed by atoms with Crippen molar-refractivity contribution in [3.05, 3.63) is 88.0 Å². The summed E-state index contributed by atoms with van der Waals surface area (Å²) < 4.78 is 21.3. The van der Waals surface area contributed by atoms with Crippen LogP contribution < -0.4 is 13.6 Å². The topological polar surface area (TPSA) is 27.7 Å². The lowest BCUT2D eigenvalue weighted by molar-refractivity contribution is 0.363. The quantitative estimate of drug-likeness (QED) is 0.243. The molecule has 0 N–H and O–H groups in total. The summed E-state index contributed by atoms with van der Waals surface area (Å²) in [5.74, 6) is 2.34. The lowest BCUT2D eigenvalue weighted by atomic mass is 9.80. The van der Waals surface area contributed by atoms with Crippen LogP contribution in [0.3, 0.4) is 0 Å². The third-order valence-electron chi connectivity index (χ3n) is 8.64. The fourth-order valence-electron chi connectivity index (χ4n) is 5.45. The Morgan fingerprint density at radius 2 is 0.574 bits per heavy atom. The summed E-state index contributed by atoms with van der Waals surface area (Å²) >= 11 is 0. The molecule has 260 valence electrons. The molecule has 47 heavy (non-hydrogen) atoms. The van der Waals surface area contributed by atoms with Crippen LogP contribution in [0.5, 0.6) is 17.2 Å². The van der Waals surface area contributed by atoms with Crippen LogP contribution >= 0.6 is 16.6 Å². The van der Waals surface area contributed by atoms with E-state index in [1.165, 1.54) is 16.7 Å². The summed E-state index contributed by atoms with van der Waals surface area (Å²) in [7, 11) is -0.268. The third kappa shape index (κ3) is 9.98. The standard InChI is InChI=1S/C42H65O3P2/c1-37(2,3)28-19-22-34(31(25-28)40(10,11)12)43-47(46,44-35-23-20-29(38(4,5)6)26-32(35)41(13,14)15)45-36-24-21-30(39(7,8)9)27-33(36)42(16,17)18/h19-27H,46H2,1-18H3/q+1. The van der Waals surface area contributed by atoms with Gasteiger partial charge in [-0.25, -0.2) is 0 Å². The normalized spacial score (nSPS) is 13.9. The minimum absolute atomic E-state index is 0.00550. The van der Waals surface area contributed by atoms with E-state index in [1.54, 1.807) is 0 Å². The molecule has 0 heterocycles. The maximum absolute atomic E-state index is 7.10. The van der Waals surface area contributed by atoms with Gasteiger partial charge >= 0.3 is 7.63 Å². The van der Waals surface area contributed by atoms with Gasteiger partial charge in [0.05, 0.1) is 0 Å². The predicted octanol–water partition coefficient (Wildman–Crippen LogP) is 13.6. The number of benzene rings is 3. The lowest BCUT2D eigenvalue weighted by Crippen LogP contribution is -2.21. The van der Waals surface area contributed by atoms with Gasteiger partial charge in [0.15, 0.2) is 26.2 Å². The van der Waals surface area contributed by atoms with E-state index in [0.29, 0.717) is 0 Å². The maximum Gasteiger partial charge on any atom is 0.550 e. The van der Waals surface area contributed by atoms with Gasteiger partial charge in [-0.3, -0.25) is 13.6 Å². The van der Waals surface area contributed by atoms with Crippen LogP contribution in [0.4, 0.5) is 0 Å². The molecule has 3 aromatic rings. The van der Waals surface area contributed by atoms with E-state index < -0.39 is 7.63 Å². The largest absolute Gasteiger partial charge is 0.550 e. The van der Waals surface area contributed by atoms with Crippen molar-refractivity contribution in [2.45, 2.75) is 157 Å². The summed E-state index contributed by atoms with van der Waals surface area (Å²) in [5, 5.41) is 0. The summed E-state index contributed by atoms with van der Waals surface area (Å²) in [4.78, 5) is 0. The zero-order valence-electron chi connectivity index (χ0n) is 32.9. The van der Waals surface area contributed by atoms with E-state index in [9.17, 15) is 0 Å². The van der Waals surface area contributed by atoms with Gasteiger partial charge in [0.25, 0.3) is 0 Å². The van der Waals surface area contributed by atoms with E-state index in [-0.39, 0.29) is 32.5 Å². The van der Waals surface area contributed by atoms with E-state index in [2.05, 4.69) is 188 Å². The highest BCUT2D eigenvalue weighted by atomic mass is 32.1. The van der Waals surface area contributed by atoms with Crippen molar-refractivity contribution >= 4 is 16.6 Å². The fraction of sp³-hybridized carbons (Fsp3) is 0.571. The van der Waals surface area contributed by atoms with Gasteiger partial charge < -0.3 is 0 Å². The molecule has 0 fully saturated rings. The SMILES string of the molecule is CC(C)(C)c1ccc(O[P+](P)(Oc2ccc(C(C)(C)C)cc2C(C)(C)C)Oc2ccc(C(C)(C)C)cc2C(C)(C)C)c(C(C)(C)C)c1. The van der Waals surface area contributed by atoms with Gasteiger partial charge in [0, 0.05) is 16.7 Å². The van der Waals surface area contributed by atoms with Crippen molar-refractivity contribution in [1.29, 1.82) is 0 Å². The van der Waals surface area contributed by atoms with Crippen molar-refractivity contribution in [3.8, 4) is 17.2 Å². The summed E-state index contributed by atoms with van der Waals surface area (Å²) in [5.41, 5.74) is 6.71. The van der Waals surface area contributed by atoms with Crippen LogP contribution in [-0.2, 0) is 32.5 Å². The molecule has 0 aliphatic heterocycles. The summed E-state index contributed by atoms with van der Waals surface area (Å²) in [6.07, 6.45) is 0. The molecule has 3 nitrogen and oxygen atoms in total. The van der Waals surface area contributed by atoms with Crippen LogP contribution in [-0.4, -0.2) is 0 Å². The smallest absolute Gasteiger partial charge is 0.270 e. The second kappa shape index (κ2) is 13.0. The molecule has 0 aromatic heterocycles. The Morgan fingerprint density at radius 3 is 0.745 bits per heavy atom. The third-order valence-corrected chi connectivity index (χ3v) is 10.9. The Kier molecular flexibility index (Phi) is 10.9. The van der Waals surface area contributed by atoms with Crippen molar-refractivity contribution in [2.24, 2.45) is 0 Å². The van der Waals surface area contributed by atoms with Crippen molar-refractivity contribution in [2.75, 3.05) is 0 Å². The Hall–Kier alpha value is -2.08. The first-order valence-electron chi connectivity index (χ1n) is 17.1. The van der Waals surface area contributed by atoms with Gasteiger partial charge in [-0.05, 0) is 67.4 Å². The molecule has 0 radical (unpaired) electrons. The average Bonchev–Trinajstić information content (AvgIpc) is 2.85. The number of hydrogen-bond donors (Lipinski definition) is 0. The second-order valence-electron chi connectivity index (χ2n) is 19.4. The van der Waals surface area contributed by atoms with Crippen LogP contribution in [0.1, 0.15) is 158 Å². The Bertz CT molecular complexity index is 1370. The first-order valence-corrected chi connectivity index (χ1v) is 20.3. The van der Waals surface area contributed by atoms with E-state index in [1.807, 2.05) is 0 Å². The highest BCUT2D eigenvalue weighted by Crippen LogP contribution is 2.69. The molecule has 0 aliphatic carbocycles. The molecule has 0 bridgehead atoms. The summed E-state index contributed by atoms with van der Waals surface area (Å²) in [6, 6.07) is 19.7. The number of hydrogen-bond acceptors (Lipinski definition) is 3. The van der Waals surface area contributed by atoms with Crippen LogP contribution in [0.25, 0.3) is 0 Å². The Morgan fingerprint density at radius 1 is 0.362 bits per heavy atom. The Balaban J connectivity index is 2.31. The molecule has 0 saturated heterocycles. The summed E-state index contributed by atoms with van der Waals surface area (Å²) in [6.45, 7) is 40.3. The van der Waals surface area contributed by atoms with Crippen molar-refractivity contribution in [3.63, 3.8) is 0 Å². The second-order valence-corrected chi connectivity index (χ2v) is 23.0. The van der Waals surface area contributed by atoms with Crippen molar-refractivity contribution in [1.82, 2.24) is 0 Å². The monoisotopic (exact) mass is 679 g/mol. The molecule has 5 heteroatoms. The van der Waals surface area contributed by atoms with E-state index in [4.69, 9.17) is 13.6 Å². The zero-order chi connectivity index (χ0) is 36.2.